The summed E-state index contributed by atoms with van der Waals surface area (Å²) in [7, 11) is 1.54. The normalized spacial score (nSPS) is 10.6. The molecule has 29 heavy (non-hydrogen) atoms. The van der Waals surface area contributed by atoms with Gasteiger partial charge in [-0.25, -0.2) is 0 Å². The third-order valence-corrected chi connectivity index (χ3v) is 5.05. The van der Waals surface area contributed by atoms with Gasteiger partial charge in [-0.1, -0.05) is 23.9 Å². The average molecular weight is 413 g/mol. The number of hydrogen-bond donors (Lipinski definition) is 1. The quantitative estimate of drug-likeness (QED) is 0.341. The monoisotopic (exact) mass is 413 g/mol. The molecule has 150 valence electrons. The zero-order valence-electron chi connectivity index (χ0n) is 15.9. The molecule has 0 saturated heterocycles. The fraction of sp³-hybridized carbons (Fsp3) is 0.211. The number of carbonyl (C=O) groups is 1. The Bertz CT molecular complexity index is 1020. The Labute approximate surface area is 171 Å². The summed E-state index contributed by atoms with van der Waals surface area (Å²) in [6.45, 7) is 2.53. The predicted molar refractivity (Wildman–Crippen MR) is 110 cm³/mol. The Morgan fingerprint density at radius 3 is 2.59 bits per heavy atom. The molecule has 0 aliphatic rings. The third-order valence-electron chi connectivity index (χ3n) is 4.08. The van der Waals surface area contributed by atoms with Gasteiger partial charge in [0, 0.05) is 24.2 Å². The Kier molecular flexibility index (Phi) is 6.45. The highest BCUT2D eigenvalue weighted by Crippen LogP contribution is 2.27. The summed E-state index contributed by atoms with van der Waals surface area (Å²) < 4.78 is 7.09. The molecule has 3 aromatic rings. The second kappa shape index (κ2) is 9.20. The van der Waals surface area contributed by atoms with Crippen LogP contribution in [0.25, 0.3) is 11.4 Å². The number of thioether (sulfide) groups is 1. The molecule has 0 fully saturated rings. The number of nitro benzene ring substituents is 1. The van der Waals surface area contributed by atoms with Crippen LogP contribution in [0.15, 0.2) is 53.7 Å². The van der Waals surface area contributed by atoms with Gasteiger partial charge < -0.3 is 14.6 Å². The zero-order chi connectivity index (χ0) is 20.8. The summed E-state index contributed by atoms with van der Waals surface area (Å²) in [5, 5.41) is 22.6. The lowest BCUT2D eigenvalue weighted by Gasteiger charge is -2.10. The molecule has 9 nitrogen and oxygen atoms in total. The zero-order valence-corrected chi connectivity index (χ0v) is 16.7. The molecular formula is C19H19N5O4S. The van der Waals surface area contributed by atoms with Crippen molar-refractivity contribution in [2.24, 2.45) is 0 Å². The highest BCUT2D eigenvalue weighted by molar-refractivity contribution is 7.99. The highest BCUT2D eigenvalue weighted by atomic mass is 32.2. The van der Waals surface area contributed by atoms with Crippen molar-refractivity contribution >= 4 is 29.0 Å². The minimum Gasteiger partial charge on any atom is -0.495 e. The summed E-state index contributed by atoms with van der Waals surface area (Å²) in [6.07, 6.45) is 0. The first-order valence-electron chi connectivity index (χ1n) is 8.77. The van der Waals surface area contributed by atoms with Gasteiger partial charge in [0.1, 0.15) is 5.75 Å². The van der Waals surface area contributed by atoms with Gasteiger partial charge in [-0.05, 0) is 31.2 Å². The van der Waals surface area contributed by atoms with Crippen molar-refractivity contribution in [3.8, 4) is 17.1 Å². The van der Waals surface area contributed by atoms with Crippen molar-refractivity contribution in [1.82, 2.24) is 14.8 Å². The number of anilines is 1. The standard InChI is InChI=1S/C19H19N5O4S/c1-3-23-18(13-8-10-14(11-9-13)24(26)27)21-22-19(23)29-12-17(25)20-15-6-4-5-7-16(15)28-2/h4-11H,3,12H2,1-2H3,(H,20,25). The number of para-hydroxylation sites is 2. The number of carbonyl (C=O) groups excluding carboxylic acids is 1. The molecule has 1 aromatic heterocycles. The van der Waals surface area contributed by atoms with Crippen LogP contribution >= 0.6 is 11.8 Å². The van der Waals surface area contributed by atoms with E-state index in [1.165, 1.54) is 23.9 Å². The molecule has 0 aliphatic heterocycles. The van der Waals surface area contributed by atoms with E-state index >= 15 is 0 Å². The fourth-order valence-corrected chi connectivity index (χ4v) is 3.49. The number of rotatable bonds is 8. The number of ether oxygens (including phenoxy) is 1. The molecule has 0 unspecified atom stereocenters. The van der Waals surface area contributed by atoms with E-state index in [9.17, 15) is 14.9 Å². The summed E-state index contributed by atoms with van der Waals surface area (Å²) in [6, 6.07) is 13.3. The molecule has 0 aliphatic carbocycles. The molecular weight excluding hydrogens is 394 g/mol. The number of benzene rings is 2. The van der Waals surface area contributed by atoms with E-state index in [0.717, 1.165) is 5.56 Å². The second-order valence-corrected chi connectivity index (χ2v) is 6.83. The van der Waals surface area contributed by atoms with Gasteiger partial charge in [-0.3, -0.25) is 14.9 Å². The van der Waals surface area contributed by atoms with Gasteiger partial charge in [0.05, 0.1) is 23.5 Å². The smallest absolute Gasteiger partial charge is 0.269 e. The van der Waals surface area contributed by atoms with E-state index < -0.39 is 4.92 Å². The largest absolute Gasteiger partial charge is 0.495 e. The molecule has 0 bridgehead atoms. The molecule has 0 radical (unpaired) electrons. The van der Waals surface area contributed by atoms with E-state index in [1.807, 2.05) is 23.6 Å². The summed E-state index contributed by atoms with van der Waals surface area (Å²) in [5.74, 6) is 1.14. The van der Waals surface area contributed by atoms with Crippen molar-refractivity contribution in [2.75, 3.05) is 18.2 Å². The van der Waals surface area contributed by atoms with Gasteiger partial charge in [-0.15, -0.1) is 10.2 Å². The fourth-order valence-electron chi connectivity index (χ4n) is 2.69. The molecule has 0 saturated carbocycles. The van der Waals surface area contributed by atoms with Crippen LogP contribution in [0.3, 0.4) is 0 Å². The minimum atomic E-state index is -0.448. The Morgan fingerprint density at radius 1 is 1.21 bits per heavy atom. The molecule has 0 spiro atoms. The van der Waals surface area contributed by atoms with Crippen LogP contribution in [-0.4, -0.2) is 38.5 Å². The van der Waals surface area contributed by atoms with Crippen molar-refractivity contribution in [1.29, 1.82) is 0 Å². The van der Waals surface area contributed by atoms with Gasteiger partial charge in [0.2, 0.25) is 5.91 Å². The van der Waals surface area contributed by atoms with Crippen molar-refractivity contribution in [3.05, 3.63) is 58.6 Å². The maximum absolute atomic E-state index is 12.3. The Morgan fingerprint density at radius 2 is 1.93 bits per heavy atom. The first-order valence-corrected chi connectivity index (χ1v) is 9.75. The lowest BCUT2D eigenvalue weighted by atomic mass is 10.2. The molecule has 0 atom stereocenters. The van der Waals surface area contributed by atoms with E-state index in [-0.39, 0.29) is 17.3 Å². The first-order chi connectivity index (χ1) is 14.0. The van der Waals surface area contributed by atoms with E-state index in [2.05, 4.69) is 15.5 Å². The molecule has 1 heterocycles. The highest BCUT2D eigenvalue weighted by Gasteiger charge is 2.16. The van der Waals surface area contributed by atoms with Gasteiger partial charge in [0.25, 0.3) is 5.69 Å². The molecule has 1 amide bonds. The van der Waals surface area contributed by atoms with Crippen LogP contribution in [0, 0.1) is 10.1 Å². The maximum atomic E-state index is 12.3. The maximum Gasteiger partial charge on any atom is 0.269 e. The number of nitrogens with zero attached hydrogens (tertiary/aromatic N) is 4. The van der Waals surface area contributed by atoms with E-state index in [1.54, 1.807) is 31.4 Å². The van der Waals surface area contributed by atoms with Crippen molar-refractivity contribution in [3.63, 3.8) is 0 Å². The summed E-state index contributed by atoms with van der Waals surface area (Å²) in [4.78, 5) is 22.7. The number of methoxy groups -OCH3 is 1. The summed E-state index contributed by atoms with van der Waals surface area (Å²) >= 11 is 1.26. The van der Waals surface area contributed by atoms with E-state index in [0.29, 0.717) is 29.0 Å². The Balaban J connectivity index is 1.70. The van der Waals surface area contributed by atoms with Gasteiger partial charge in [-0.2, -0.15) is 0 Å². The van der Waals surface area contributed by atoms with Gasteiger partial charge >= 0.3 is 0 Å². The van der Waals surface area contributed by atoms with Crippen molar-refractivity contribution in [2.45, 2.75) is 18.6 Å². The number of nitro groups is 1. The van der Waals surface area contributed by atoms with Crippen LogP contribution < -0.4 is 10.1 Å². The number of amides is 1. The lowest BCUT2D eigenvalue weighted by molar-refractivity contribution is -0.384. The van der Waals surface area contributed by atoms with Crippen LogP contribution in [0.4, 0.5) is 11.4 Å². The molecule has 3 rings (SSSR count). The van der Waals surface area contributed by atoms with Crippen LogP contribution in [0.1, 0.15) is 6.92 Å². The minimum absolute atomic E-state index is 0.0129. The second-order valence-electron chi connectivity index (χ2n) is 5.89. The molecule has 10 heteroatoms. The first kappa shape index (κ1) is 20.3. The topological polar surface area (TPSA) is 112 Å². The number of nitrogens with one attached hydrogen (secondary N) is 1. The number of aromatic nitrogens is 3. The number of hydrogen-bond acceptors (Lipinski definition) is 7. The van der Waals surface area contributed by atoms with Gasteiger partial charge in [0.15, 0.2) is 11.0 Å². The molecule has 2 aromatic carbocycles. The average Bonchev–Trinajstić information content (AvgIpc) is 3.15. The Hall–Kier alpha value is -3.40. The van der Waals surface area contributed by atoms with Crippen molar-refractivity contribution < 1.29 is 14.5 Å². The van der Waals surface area contributed by atoms with Crippen LogP contribution in [0.5, 0.6) is 5.75 Å². The number of non-ortho nitro benzene ring substituents is 1. The predicted octanol–water partition coefficient (Wildman–Crippen LogP) is 3.61. The lowest BCUT2D eigenvalue weighted by Crippen LogP contribution is -2.15. The third kappa shape index (κ3) is 4.72. The van der Waals surface area contributed by atoms with Crippen LogP contribution in [0.2, 0.25) is 0 Å². The summed E-state index contributed by atoms with van der Waals surface area (Å²) in [5.41, 5.74) is 1.33. The van der Waals surface area contributed by atoms with E-state index in [4.69, 9.17) is 4.74 Å². The van der Waals surface area contributed by atoms with Crippen LogP contribution in [-0.2, 0) is 11.3 Å². The SMILES string of the molecule is CCn1c(SCC(=O)Nc2ccccc2OC)nnc1-c1ccc([N+](=O)[O-])cc1. The molecule has 1 N–H and O–H groups in total.